The Balaban J connectivity index is 1.44. The minimum absolute atomic E-state index is 0.0590. The van der Waals surface area contributed by atoms with Gasteiger partial charge in [-0.15, -0.1) is 11.6 Å². The first kappa shape index (κ1) is 25.8. The molecule has 4 aliphatic rings. The molecular formula is C27H27Cl2FN4O3S. The number of aromatic nitrogens is 2. The lowest BCUT2D eigenvalue weighted by atomic mass is 10.0. The fourth-order valence-corrected chi connectivity index (χ4v) is 8.16. The van der Waals surface area contributed by atoms with Crippen LogP contribution in [0.25, 0.3) is 17.3 Å². The van der Waals surface area contributed by atoms with E-state index in [-0.39, 0.29) is 28.4 Å². The monoisotopic (exact) mass is 576 g/mol. The molecule has 3 atom stereocenters. The average molecular weight is 578 g/mol. The zero-order chi connectivity index (χ0) is 26.6. The highest BCUT2D eigenvalue weighted by Gasteiger charge is 2.39. The molecule has 1 saturated carbocycles. The van der Waals surface area contributed by atoms with Gasteiger partial charge in [0.05, 0.1) is 33.3 Å². The first-order valence-corrected chi connectivity index (χ1v) is 15.4. The molecule has 7 nitrogen and oxygen atoms in total. The summed E-state index contributed by atoms with van der Waals surface area (Å²) in [5.41, 5.74) is 5.51. The largest absolute Gasteiger partial charge is 0.286 e. The standard InChI is InChI=1S/C27H27Cl2FN4O3S/c28-20-6-9-24(23(29)11-20)34-26-19(10-16-4-7-21(30)8-5-16)14-38(36,37)15-22(26)25(31-34)27(35)32-33-12-17-2-1-3-18(17)13-33/h4-5,7-11,17-18,20H,1-3,6,12-15H2,(H,32,35)/b19-10+. The summed E-state index contributed by atoms with van der Waals surface area (Å²) in [5, 5.41) is 6.68. The Hall–Kier alpha value is -2.46. The Morgan fingerprint density at radius 1 is 1.13 bits per heavy atom. The minimum atomic E-state index is -3.59. The summed E-state index contributed by atoms with van der Waals surface area (Å²) in [5.74, 6) is -0.237. The fraction of sp³-hybridized carbons (Fsp3) is 0.407. The van der Waals surface area contributed by atoms with Crippen LogP contribution in [0.4, 0.5) is 4.39 Å². The summed E-state index contributed by atoms with van der Waals surface area (Å²) in [6.45, 7) is 1.56. The van der Waals surface area contributed by atoms with Gasteiger partial charge in [0.25, 0.3) is 5.91 Å². The highest BCUT2D eigenvalue weighted by atomic mass is 35.5. The summed E-state index contributed by atoms with van der Waals surface area (Å²) < 4.78 is 41.2. The van der Waals surface area contributed by atoms with E-state index in [4.69, 9.17) is 23.2 Å². The molecule has 38 heavy (non-hydrogen) atoms. The van der Waals surface area contributed by atoms with Crippen molar-refractivity contribution in [1.82, 2.24) is 20.2 Å². The Kier molecular flexibility index (Phi) is 6.74. The van der Waals surface area contributed by atoms with Crippen molar-refractivity contribution >= 4 is 56.3 Å². The van der Waals surface area contributed by atoms with Crippen molar-refractivity contribution in [2.24, 2.45) is 11.8 Å². The van der Waals surface area contributed by atoms with E-state index >= 15 is 0 Å². The van der Waals surface area contributed by atoms with E-state index in [1.165, 1.54) is 18.6 Å². The van der Waals surface area contributed by atoms with Crippen LogP contribution in [0.1, 0.15) is 53.0 Å². The molecule has 1 aromatic carbocycles. The summed E-state index contributed by atoms with van der Waals surface area (Å²) in [7, 11) is -3.59. The van der Waals surface area contributed by atoms with Crippen LogP contribution in [-0.4, -0.2) is 53.3 Å². The number of hydrazine groups is 1. The first-order chi connectivity index (χ1) is 18.2. The number of benzene rings is 1. The zero-order valence-corrected chi connectivity index (χ0v) is 22.9. The molecule has 1 N–H and O–H groups in total. The molecule has 2 aliphatic carbocycles. The Morgan fingerprint density at radius 2 is 1.84 bits per heavy atom. The molecule has 0 radical (unpaired) electrons. The number of rotatable bonds is 4. The van der Waals surface area contributed by atoms with Gasteiger partial charge >= 0.3 is 0 Å². The van der Waals surface area contributed by atoms with Crippen LogP contribution in [0, 0.1) is 17.7 Å². The second kappa shape index (κ2) is 9.93. The molecule has 3 unspecified atom stereocenters. The lowest BCUT2D eigenvalue weighted by Crippen LogP contribution is -2.41. The predicted octanol–water partition coefficient (Wildman–Crippen LogP) is 4.84. The number of sulfone groups is 1. The van der Waals surface area contributed by atoms with Crippen LogP contribution in [0.2, 0.25) is 0 Å². The third-order valence-electron chi connectivity index (χ3n) is 7.78. The molecule has 6 rings (SSSR count). The van der Waals surface area contributed by atoms with E-state index in [2.05, 4.69) is 10.5 Å². The minimum Gasteiger partial charge on any atom is -0.283 e. The second-order valence-corrected chi connectivity index (χ2v) is 13.5. The first-order valence-electron chi connectivity index (χ1n) is 12.7. The Bertz CT molecular complexity index is 1480. The van der Waals surface area contributed by atoms with E-state index in [0.717, 1.165) is 25.9 Å². The Labute approximate surface area is 230 Å². The number of nitrogens with zero attached hydrogens (tertiary/aromatic N) is 3. The average Bonchev–Trinajstić information content (AvgIpc) is 3.53. The number of carbonyl (C=O) groups is 1. The molecule has 2 aliphatic heterocycles. The number of carbonyl (C=O) groups excluding carboxylic acids is 1. The number of nitrogens with one attached hydrogen (secondary N) is 1. The van der Waals surface area contributed by atoms with Gasteiger partial charge in [-0.3, -0.25) is 10.2 Å². The molecule has 2 aromatic rings. The van der Waals surface area contributed by atoms with Gasteiger partial charge in [0.2, 0.25) is 0 Å². The number of alkyl halides is 1. The molecule has 11 heteroatoms. The quantitative estimate of drug-likeness (QED) is 0.526. The van der Waals surface area contributed by atoms with Gasteiger partial charge in [0.15, 0.2) is 15.5 Å². The van der Waals surface area contributed by atoms with E-state index in [1.807, 2.05) is 11.1 Å². The topological polar surface area (TPSA) is 84.3 Å². The molecule has 3 heterocycles. The van der Waals surface area contributed by atoms with Crippen LogP contribution in [0.15, 0.2) is 41.4 Å². The maximum absolute atomic E-state index is 13.6. The maximum atomic E-state index is 13.6. The highest BCUT2D eigenvalue weighted by Crippen LogP contribution is 2.39. The van der Waals surface area contributed by atoms with E-state index in [9.17, 15) is 17.6 Å². The van der Waals surface area contributed by atoms with E-state index in [1.54, 1.807) is 29.0 Å². The van der Waals surface area contributed by atoms with Gasteiger partial charge in [-0.1, -0.05) is 36.2 Å². The lowest BCUT2D eigenvalue weighted by Gasteiger charge is -2.21. The summed E-state index contributed by atoms with van der Waals surface area (Å²) in [6.07, 6.45) is 9.31. The molecule has 1 amide bonds. The molecule has 0 bridgehead atoms. The van der Waals surface area contributed by atoms with Gasteiger partial charge < -0.3 is 0 Å². The van der Waals surface area contributed by atoms with E-state index in [0.29, 0.717) is 51.4 Å². The molecule has 1 aromatic heterocycles. The zero-order valence-electron chi connectivity index (χ0n) is 20.5. The van der Waals surface area contributed by atoms with Crippen LogP contribution < -0.4 is 5.43 Å². The van der Waals surface area contributed by atoms with Gasteiger partial charge in [0, 0.05) is 18.7 Å². The highest BCUT2D eigenvalue weighted by molar-refractivity contribution is 7.91. The van der Waals surface area contributed by atoms with Crippen molar-refractivity contribution in [1.29, 1.82) is 0 Å². The third-order valence-corrected chi connectivity index (χ3v) is 9.88. The van der Waals surface area contributed by atoms with Crippen LogP contribution in [-0.2, 0) is 15.6 Å². The van der Waals surface area contributed by atoms with Crippen LogP contribution in [0.5, 0.6) is 0 Å². The molecular weight excluding hydrogens is 550 g/mol. The van der Waals surface area contributed by atoms with Gasteiger partial charge in [-0.2, -0.15) is 5.10 Å². The van der Waals surface area contributed by atoms with Crippen molar-refractivity contribution in [2.45, 2.75) is 36.8 Å². The lowest BCUT2D eigenvalue weighted by molar-refractivity contribution is 0.0808. The summed E-state index contributed by atoms with van der Waals surface area (Å²) in [4.78, 5) is 13.6. The van der Waals surface area contributed by atoms with Crippen molar-refractivity contribution in [2.75, 3.05) is 18.8 Å². The van der Waals surface area contributed by atoms with Crippen molar-refractivity contribution in [3.8, 4) is 0 Å². The van der Waals surface area contributed by atoms with Crippen molar-refractivity contribution in [3.05, 3.63) is 69.8 Å². The number of hydrogen-bond acceptors (Lipinski definition) is 5. The molecule has 0 spiro atoms. The maximum Gasteiger partial charge on any atom is 0.286 e. The van der Waals surface area contributed by atoms with E-state index < -0.39 is 15.7 Å². The molecule has 2 fully saturated rings. The SMILES string of the molecule is O=C(NN1CC2CCCC2C1)c1nn(C2=CCC(Cl)C=C2Cl)c2c1CS(=O)(=O)C/C2=C\c1ccc(F)cc1. The van der Waals surface area contributed by atoms with Gasteiger partial charge in [0.1, 0.15) is 5.82 Å². The Morgan fingerprint density at radius 3 is 2.53 bits per heavy atom. The van der Waals surface area contributed by atoms with Gasteiger partial charge in [-0.25, -0.2) is 22.5 Å². The molecule has 1 saturated heterocycles. The predicted molar refractivity (Wildman–Crippen MR) is 146 cm³/mol. The summed E-state index contributed by atoms with van der Waals surface area (Å²) in [6, 6.07) is 5.78. The van der Waals surface area contributed by atoms with Gasteiger partial charge in [-0.05, 0) is 66.5 Å². The van der Waals surface area contributed by atoms with Crippen molar-refractivity contribution in [3.63, 3.8) is 0 Å². The third kappa shape index (κ3) is 4.97. The van der Waals surface area contributed by atoms with Crippen molar-refractivity contribution < 1.29 is 17.6 Å². The number of fused-ring (bicyclic) bond motifs is 2. The smallest absolute Gasteiger partial charge is 0.283 e. The number of amides is 1. The number of hydrogen-bond donors (Lipinski definition) is 1. The number of halogens is 3. The van der Waals surface area contributed by atoms with Crippen LogP contribution in [0.3, 0.4) is 0 Å². The number of allylic oxidation sites excluding steroid dienone is 4. The fourth-order valence-electron chi connectivity index (χ4n) is 6.06. The van der Waals surface area contributed by atoms with Crippen LogP contribution >= 0.6 is 23.2 Å². The normalized spacial score (nSPS) is 27.6. The molecule has 200 valence electrons. The second-order valence-electron chi connectivity index (χ2n) is 10.5. The summed E-state index contributed by atoms with van der Waals surface area (Å²) >= 11 is 12.8.